The molecule has 116 valence electrons. The van der Waals surface area contributed by atoms with Gasteiger partial charge in [-0.25, -0.2) is 4.79 Å². The highest BCUT2D eigenvalue weighted by Crippen LogP contribution is 2.48. The molecule has 5 nitrogen and oxygen atoms in total. The minimum atomic E-state index is -0.331. The maximum Gasteiger partial charge on any atom is 0.317 e. The van der Waals surface area contributed by atoms with Crippen LogP contribution in [0.3, 0.4) is 0 Å². The van der Waals surface area contributed by atoms with Crippen molar-refractivity contribution >= 4 is 6.03 Å². The Morgan fingerprint density at radius 3 is 2.90 bits per heavy atom. The van der Waals surface area contributed by atoms with Crippen molar-refractivity contribution in [2.24, 2.45) is 11.3 Å². The number of carbonyl (C=O) groups excluding carboxylic acids is 1. The molecule has 0 aromatic heterocycles. The number of methoxy groups -OCH3 is 1. The Kier molecular flexibility index (Phi) is 5.27. The first-order chi connectivity index (χ1) is 9.56. The van der Waals surface area contributed by atoms with Crippen molar-refractivity contribution < 1.29 is 14.6 Å². The SMILES string of the molecule is COCCC1(CNC(=O)N2CCCC(C(C)O)C2)CC1. The highest BCUT2D eigenvalue weighted by Gasteiger charge is 2.42. The molecule has 0 radical (unpaired) electrons. The topological polar surface area (TPSA) is 61.8 Å². The Hall–Kier alpha value is -0.810. The summed E-state index contributed by atoms with van der Waals surface area (Å²) in [6, 6.07) is 0.0269. The molecule has 0 aromatic rings. The predicted octanol–water partition coefficient (Wildman–Crippen LogP) is 1.61. The van der Waals surface area contributed by atoms with E-state index in [1.807, 2.05) is 11.8 Å². The number of hydrogen-bond donors (Lipinski definition) is 2. The molecule has 2 aliphatic rings. The molecule has 1 aliphatic heterocycles. The van der Waals surface area contributed by atoms with E-state index in [1.165, 1.54) is 12.8 Å². The molecule has 1 saturated carbocycles. The Balaban J connectivity index is 1.74. The standard InChI is InChI=1S/C15H28N2O3/c1-12(18)13-4-3-8-17(10-13)14(19)16-11-15(5-6-15)7-9-20-2/h12-13,18H,3-11H2,1-2H3,(H,16,19). The molecule has 1 saturated heterocycles. The first-order valence-corrected chi connectivity index (χ1v) is 7.76. The number of likely N-dealkylation sites (tertiary alicyclic amines) is 1. The third-order valence-corrected chi connectivity index (χ3v) is 4.84. The number of hydrogen-bond acceptors (Lipinski definition) is 3. The second kappa shape index (κ2) is 6.76. The van der Waals surface area contributed by atoms with E-state index in [2.05, 4.69) is 5.32 Å². The van der Waals surface area contributed by atoms with Crippen LogP contribution in [0, 0.1) is 11.3 Å². The third-order valence-electron chi connectivity index (χ3n) is 4.84. The van der Waals surface area contributed by atoms with Crippen LogP contribution in [0.2, 0.25) is 0 Å². The highest BCUT2D eigenvalue weighted by atomic mass is 16.5. The van der Waals surface area contributed by atoms with Crippen LogP contribution in [-0.2, 0) is 4.74 Å². The number of aliphatic hydroxyl groups excluding tert-OH is 1. The average Bonchev–Trinajstić information content (AvgIpc) is 3.23. The lowest BCUT2D eigenvalue weighted by Crippen LogP contribution is -2.48. The molecular formula is C15H28N2O3. The van der Waals surface area contributed by atoms with Gasteiger partial charge < -0.3 is 20.1 Å². The van der Waals surface area contributed by atoms with Gasteiger partial charge >= 0.3 is 6.03 Å². The van der Waals surface area contributed by atoms with Gasteiger partial charge in [-0.1, -0.05) is 0 Å². The van der Waals surface area contributed by atoms with Gasteiger partial charge in [-0.3, -0.25) is 0 Å². The van der Waals surface area contributed by atoms with Gasteiger partial charge in [-0.05, 0) is 44.4 Å². The molecule has 20 heavy (non-hydrogen) atoms. The molecule has 2 atom stereocenters. The summed E-state index contributed by atoms with van der Waals surface area (Å²) in [5, 5.41) is 12.7. The Morgan fingerprint density at radius 2 is 2.30 bits per heavy atom. The number of urea groups is 1. The van der Waals surface area contributed by atoms with E-state index in [4.69, 9.17) is 4.74 Å². The van der Waals surface area contributed by atoms with Crippen LogP contribution in [0.25, 0.3) is 0 Å². The second-order valence-electron chi connectivity index (χ2n) is 6.49. The Labute approximate surface area is 121 Å². The van der Waals surface area contributed by atoms with Crippen LogP contribution in [0.5, 0.6) is 0 Å². The molecule has 2 N–H and O–H groups in total. The van der Waals surface area contributed by atoms with Gasteiger partial charge in [0.2, 0.25) is 0 Å². The van der Waals surface area contributed by atoms with E-state index in [0.29, 0.717) is 6.54 Å². The maximum atomic E-state index is 12.2. The van der Waals surface area contributed by atoms with E-state index in [0.717, 1.165) is 39.0 Å². The minimum absolute atomic E-state index is 0.0269. The van der Waals surface area contributed by atoms with Crippen molar-refractivity contribution in [3.05, 3.63) is 0 Å². The summed E-state index contributed by atoms with van der Waals surface area (Å²) < 4.78 is 5.13. The number of rotatable bonds is 6. The number of piperidine rings is 1. The predicted molar refractivity (Wildman–Crippen MR) is 77.5 cm³/mol. The molecule has 2 fully saturated rings. The van der Waals surface area contributed by atoms with E-state index >= 15 is 0 Å². The van der Waals surface area contributed by atoms with Crippen molar-refractivity contribution in [2.75, 3.05) is 33.4 Å². The Bertz CT molecular complexity index is 329. The van der Waals surface area contributed by atoms with Gasteiger partial charge in [0.05, 0.1) is 6.10 Å². The van der Waals surface area contributed by atoms with E-state index in [-0.39, 0.29) is 23.5 Å². The monoisotopic (exact) mass is 284 g/mol. The summed E-state index contributed by atoms with van der Waals surface area (Å²) >= 11 is 0. The number of aliphatic hydroxyl groups is 1. The van der Waals surface area contributed by atoms with Crippen LogP contribution in [-0.4, -0.2) is 55.5 Å². The van der Waals surface area contributed by atoms with Crippen molar-refractivity contribution in [3.8, 4) is 0 Å². The first kappa shape index (κ1) is 15.6. The molecule has 2 rings (SSSR count). The van der Waals surface area contributed by atoms with Gasteiger partial charge in [-0.2, -0.15) is 0 Å². The van der Waals surface area contributed by atoms with E-state index < -0.39 is 0 Å². The van der Waals surface area contributed by atoms with Crippen molar-refractivity contribution in [1.29, 1.82) is 0 Å². The summed E-state index contributed by atoms with van der Waals surface area (Å²) in [4.78, 5) is 14.1. The lowest BCUT2D eigenvalue weighted by molar-refractivity contribution is 0.0734. The van der Waals surface area contributed by atoms with Crippen molar-refractivity contribution in [2.45, 2.75) is 45.1 Å². The maximum absolute atomic E-state index is 12.2. The fourth-order valence-corrected chi connectivity index (χ4v) is 2.97. The summed E-state index contributed by atoms with van der Waals surface area (Å²) in [6.45, 7) is 4.82. The van der Waals surface area contributed by atoms with Gasteiger partial charge in [0.15, 0.2) is 0 Å². The fraction of sp³-hybridized carbons (Fsp3) is 0.933. The summed E-state index contributed by atoms with van der Waals surface area (Å²) in [5.41, 5.74) is 0.283. The molecular weight excluding hydrogens is 256 g/mol. The number of nitrogens with zero attached hydrogens (tertiary/aromatic N) is 1. The quantitative estimate of drug-likeness (QED) is 0.779. The van der Waals surface area contributed by atoms with E-state index in [9.17, 15) is 9.90 Å². The van der Waals surface area contributed by atoms with Crippen LogP contribution >= 0.6 is 0 Å². The number of amides is 2. The van der Waals surface area contributed by atoms with Crippen molar-refractivity contribution in [3.63, 3.8) is 0 Å². The first-order valence-electron chi connectivity index (χ1n) is 7.76. The number of carbonyl (C=O) groups is 1. The molecule has 0 aromatic carbocycles. The van der Waals surface area contributed by atoms with Gasteiger partial charge in [-0.15, -0.1) is 0 Å². The zero-order valence-electron chi connectivity index (χ0n) is 12.7. The lowest BCUT2D eigenvalue weighted by Gasteiger charge is -2.34. The fourth-order valence-electron chi connectivity index (χ4n) is 2.97. The average molecular weight is 284 g/mol. The Morgan fingerprint density at radius 1 is 1.55 bits per heavy atom. The van der Waals surface area contributed by atoms with Crippen LogP contribution in [0.1, 0.15) is 39.0 Å². The van der Waals surface area contributed by atoms with E-state index in [1.54, 1.807) is 7.11 Å². The number of nitrogens with one attached hydrogen (secondary N) is 1. The number of ether oxygens (including phenoxy) is 1. The van der Waals surface area contributed by atoms with Crippen LogP contribution in [0.4, 0.5) is 4.79 Å². The third kappa shape index (κ3) is 4.09. The second-order valence-corrected chi connectivity index (χ2v) is 6.49. The molecule has 1 aliphatic carbocycles. The van der Waals surface area contributed by atoms with Gasteiger partial charge in [0.25, 0.3) is 0 Å². The molecule has 2 amide bonds. The summed E-state index contributed by atoms with van der Waals surface area (Å²) in [7, 11) is 1.72. The van der Waals surface area contributed by atoms with Crippen LogP contribution < -0.4 is 5.32 Å². The van der Waals surface area contributed by atoms with Gasteiger partial charge in [0, 0.05) is 39.3 Å². The normalized spacial score (nSPS) is 26.1. The summed E-state index contributed by atoms with van der Waals surface area (Å²) in [5.74, 6) is 0.220. The zero-order chi connectivity index (χ0) is 14.6. The zero-order valence-corrected chi connectivity index (χ0v) is 12.7. The largest absolute Gasteiger partial charge is 0.393 e. The smallest absolute Gasteiger partial charge is 0.317 e. The van der Waals surface area contributed by atoms with Crippen molar-refractivity contribution in [1.82, 2.24) is 10.2 Å². The van der Waals surface area contributed by atoms with Crippen LogP contribution in [0.15, 0.2) is 0 Å². The highest BCUT2D eigenvalue weighted by molar-refractivity contribution is 5.74. The molecule has 0 spiro atoms. The molecule has 0 bridgehead atoms. The molecule has 5 heteroatoms. The molecule has 2 unspecified atom stereocenters. The minimum Gasteiger partial charge on any atom is -0.393 e. The lowest BCUT2D eigenvalue weighted by atomic mass is 9.94. The summed E-state index contributed by atoms with van der Waals surface area (Å²) in [6.07, 6.45) is 5.07. The van der Waals surface area contributed by atoms with Gasteiger partial charge in [0.1, 0.15) is 0 Å². The molecule has 1 heterocycles.